The predicted octanol–water partition coefficient (Wildman–Crippen LogP) is 1.88. The average Bonchev–Trinajstić information content (AvgIpc) is 2.39. The number of ether oxygens (including phenoxy) is 2. The quantitative estimate of drug-likeness (QED) is 0.565. The highest BCUT2D eigenvalue weighted by atomic mass is 16.7. The van der Waals surface area contributed by atoms with Gasteiger partial charge in [-0.05, 0) is 26.0 Å². The van der Waals surface area contributed by atoms with Gasteiger partial charge < -0.3 is 9.47 Å². The van der Waals surface area contributed by atoms with E-state index in [4.69, 9.17) is 9.47 Å². The van der Waals surface area contributed by atoms with E-state index in [1.807, 2.05) is 38.2 Å². The topological polar surface area (TPSA) is 18.5 Å². The Balaban J connectivity index is 2.69. The van der Waals surface area contributed by atoms with Crippen LogP contribution >= 0.6 is 0 Å². The first-order valence-corrected chi connectivity index (χ1v) is 3.88. The van der Waals surface area contributed by atoms with Crippen LogP contribution in [0.25, 0.3) is 0 Å². The zero-order chi connectivity index (χ0) is 8.16. The van der Waals surface area contributed by atoms with Gasteiger partial charge in [0.25, 0.3) is 0 Å². The second kappa shape index (κ2) is 3.69. The fourth-order valence-corrected chi connectivity index (χ4v) is 1.16. The summed E-state index contributed by atoms with van der Waals surface area (Å²) in [6, 6.07) is 0. The molecule has 0 atom stereocenters. The molecular formula is C9H14O2. The van der Waals surface area contributed by atoms with Crippen molar-refractivity contribution in [3.63, 3.8) is 0 Å². The normalized spacial score (nSPS) is 23.8. The predicted molar refractivity (Wildman–Crippen MR) is 44.3 cm³/mol. The molecule has 0 bridgehead atoms. The lowest BCUT2D eigenvalue weighted by atomic mass is 10.2. The third-order valence-electron chi connectivity index (χ3n) is 1.54. The Kier molecular flexibility index (Phi) is 2.85. The summed E-state index contributed by atoms with van der Waals surface area (Å²) in [6.07, 6.45) is 7.70. The van der Waals surface area contributed by atoms with E-state index in [0.29, 0.717) is 13.2 Å². The lowest BCUT2D eigenvalue weighted by Crippen LogP contribution is -2.23. The molecule has 1 aliphatic rings. The highest BCUT2D eigenvalue weighted by molar-refractivity contribution is 5.09. The van der Waals surface area contributed by atoms with Crippen LogP contribution in [0.1, 0.15) is 13.8 Å². The molecule has 11 heavy (non-hydrogen) atoms. The summed E-state index contributed by atoms with van der Waals surface area (Å²) in [4.78, 5) is 0. The SMILES string of the molecule is CC=CC1(C=CC)OCCO1. The Hall–Kier alpha value is -0.600. The molecule has 0 unspecified atom stereocenters. The standard InChI is InChI=1S/C9H14O2/c1-3-5-9(6-4-2)10-7-8-11-9/h3-6H,7-8H2,1-2H3. The molecule has 0 aromatic heterocycles. The summed E-state index contributed by atoms with van der Waals surface area (Å²) in [7, 11) is 0. The maximum Gasteiger partial charge on any atom is 0.208 e. The molecule has 0 amide bonds. The van der Waals surface area contributed by atoms with Crippen LogP contribution < -0.4 is 0 Å². The molecule has 1 rings (SSSR count). The monoisotopic (exact) mass is 154 g/mol. The van der Waals surface area contributed by atoms with Gasteiger partial charge in [-0.1, -0.05) is 12.2 Å². The number of hydrogen-bond acceptors (Lipinski definition) is 2. The maximum atomic E-state index is 5.43. The second-order valence-corrected chi connectivity index (χ2v) is 2.42. The van der Waals surface area contributed by atoms with E-state index >= 15 is 0 Å². The fraction of sp³-hybridized carbons (Fsp3) is 0.556. The summed E-state index contributed by atoms with van der Waals surface area (Å²) < 4.78 is 10.9. The van der Waals surface area contributed by atoms with Crippen molar-refractivity contribution in [1.82, 2.24) is 0 Å². The summed E-state index contributed by atoms with van der Waals surface area (Å²) in [5, 5.41) is 0. The second-order valence-electron chi connectivity index (χ2n) is 2.42. The third kappa shape index (κ3) is 1.91. The molecule has 2 heteroatoms. The summed E-state index contributed by atoms with van der Waals surface area (Å²) >= 11 is 0. The van der Waals surface area contributed by atoms with Crippen LogP contribution in [-0.2, 0) is 9.47 Å². The molecule has 1 saturated heterocycles. The Labute approximate surface area is 67.5 Å². The van der Waals surface area contributed by atoms with E-state index in [-0.39, 0.29) is 0 Å². The van der Waals surface area contributed by atoms with Crippen molar-refractivity contribution >= 4 is 0 Å². The largest absolute Gasteiger partial charge is 0.341 e. The van der Waals surface area contributed by atoms with Gasteiger partial charge in [0.2, 0.25) is 5.79 Å². The van der Waals surface area contributed by atoms with E-state index in [0.717, 1.165) is 0 Å². The van der Waals surface area contributed by atoms with Crippen molar-refractivity contribution < 1.29 is 9.47 Å². The molecule has 0 aliphatic carbocycles. The summed E-state index contributed by atoms with van der Waals surface area (Å²) in [5.41, 5.74) is 0. The van der Waals surface area contributed by atoms with E-state index in [1.54, 1.807) is 0 Å². The molecular weight excluding hydrogens is 140 g/mol. The molecule has 1 heterocycles. The molecule has 1 aliphatic heterocycles. The Morgan fingerprint density at radius 2 is 1.45 bits per heavy atom. The third-order valence-corrected chi connectivity index (χ3v) is 1.54. The van der Waals surface area contributed by atoms with Crippen LogP contribution in [0.2, 0.25) is 0 Å². The summed E-state index contributed by atoms with van der Waals surface area (Å²) in [5.74, 6) is -0.566. The van der Waals surface area contributed by atoms with Gasteiger partial charge in [0.05, 0.1) is 13.2 Å². The molecule has 0 aromatic carbocycles. The zero-order valence-electron chi connectivity index (χ0n) is 7.04. The van der Waals surface area contributed by atoms with Crippen molar-refractivity contribution in [2.75, 3.05) is 13.2 Å². The number of rotatable bonds is 2. The van der Waals surface area contributed by atoms with Crippen molar-refractivity contribution in [2.45, 2.75) is 19.6 Å². The van der Waals surface area contributed by atoms with Crippen LogP contribution in [0, 0.1) is 0 Å². The minimum Gasteiger partial charge on any atom is -0.341 e. The van der Waals surface area contributed by atoms with Crippen LogP contribution in [0.5, 0.6) is 0 Å². The van der Waals surface area contributed by atoms with Crippen molar-refractivity contribution in [1.29, 1.82) is 0 Å². The molecule has 62 valence electrons. The molecule has 0 saturated carbocycles. The van der Waals surface area contributed by atoms with Crippen LogP contribution in [-0.4, -0.2) is 19.0 Å². The van der Waals surface area contributed by atoms with Gasteiger partial charge >= 0.3 is 0 Å². The first-order valence-electron chi connectivity index (χ1n) is 3.88. The Morgan fingerprint density at radius 1 is 1.00 bits per heavy atom. The minimum atomic E-state index is -0.566. The minimum absolute atomic E-state index is 0.566. The highest BCUT2D eigenvalue weighted by Crippen LogP contribution is 2.22. The van der Waals surface area contributed by atoms with Gasteiger partial charge in [-0.3, -0.25) is 0 Å². The van der Waals surface area contributed by atoms with Crippen LogP contribution in [0.3, 0.4) is 0 Å². The van der Waals surface area contributed by atoms with Gasteiger partial charge in [-0.2, -0.15) is 0 Å². The van der Waals surface area contributed by atoms with Gasteiger partial charge in [0.1, 0.15) is 0 Å². The fourth-order valence-electron chi connectivity index (χ4n) is 1.16. The van der Waals surface area contributed by atoms with E-state index < -0.39 is 5.79 Å². The Morgan fingerprint density at radius 3 is 1.82 bits per heavy atom. The molecule has 2 nitrogen and oxygen atoms in total. The van der Waals surface area contributed by atoms with Gasteiger partial charge in [-0.15, -0.1) is 0 Å². The zero-order valence-corrected chi connectivity index (χ0v) is 7.04. The molecule has 0 radical (unpaired) electrons. The first kappa shape index (κ1) is 8.50. The highest BCUT2D eigenvalue weighted by Gasteiger charge is 2.29. The molecule has 0 spiro atoms. The van der Waals surface area contributed by atoms with Gasteiger partial charge in [0, 0.05) is 0 Å². The average molecular weight is 154 g/mol. The number of allylic oxidation sites excluding steroid dienone is 2. The lowest BCUT2D eigenvalue weighted by Gasteiger charge is -2.18. The summed E-state index contributed by atoms with van der Waals surface area (Å²) in [6.45, 7) is 5.26. The number of hydrogen-bond donors (Lipinski definition) is 0. The Bertz CT molecular complexity index is 150. The van der Waals surface area contributed by atoms with Crippen molar-refractivity contribution in [3.05, 3.63) is 24.3 Å². The molecule has 0 N–H and O–H groups in total. The first-order chi connectivity index (χ1) is 5.33. The van der Waals surface area contributed by atoms with Crippen LogP contribution in [0.4, 0.5) is 0 Å². The van der Waals surface area contributed by atoms with E-state index in [2.05, 4.69) is 0 Å². The van der Waals surface area contributed by atoms with E-state index in [9.17, 15) is 0 Å². The van der Waals surface area contributed by atoms with E-state index in [1.165, 1.54) is 0 Å². The van der Waals surface area contributed by atoms with Gasteiger partial charge in [-0.25, -0.2) is 0 Å². The van der Waals surface area contributed by atoms with Crippen molar-refractivity contribution in [3.8, 4) is 0 Å². The van der Waals surface area contributed by atoms with Gasteiger partial charge in [0.15, 0.2) is 0 Å². The maximum absolute atomic E-state index is 5.43. The van der Waals surface area contributed by atoms with Crippen molar-refractivity contribution in [2.24, 2.45) is 0 Å². The molecule has 0 aromatic rings. The molecule has 1 fully saturated rings. The van der Waals surface area contributed by atoms with Crippen LogP contribution in [0.15, 0.2) is 24.3 Å². The lowest BCUT2D eigenvalue weighted by molar-refractivity contribution is -0.0744. The smallest absolute Gasteiger partial charge is 0.208 e.